The van der Waals surface area contributed by atoms with Gasteiger partial charge >= 0.3 is 0 Å². The topological polar surface area (TPSA) is 92.4 Å². The standard InChI is InChI=1S/C14H14N2O3S/c15-13(18)7-12(17)9-2-1-3-11(6-9)16-14(19)10-4-5-20-8-10/h1-6,8,12,17H,7H2,(H2,15,18)(H,16,19). The van der Waals surface area contributed by atoms with Crippen LogP contribution in [-0.4, -0.2) is 16.9 Å². The smallest absolute Gasteiger partial charge is 0.256 e. The van der Waals surface area contributed by atoms with Crippen molar-refractivity contribution in [3.05, 3.63) is 52.2 Å². The maximum Gasteiger partial charge on any atom is 0.256 e. The van der Waals surface area contributed by atoms with Crippen molar-refractivity contribution in [1.82, 2.24) is 0 Å². The van der Waals surface area contributed by atoms with Crippen molar-refractivity contribution >= 4 is 28.8 Å². The molecule has 1 aromatic heterocycles. The predicted octanol–water partition coefficient (Wildman–Crippen LogP) is 1.91. The molecule has 2 aromatic rings. The van der Waals surface area contributed by atoms with Gasteiger partial charge in [-0.05, 0) is 29.1 Å². The monoisotopic (exact) mass is 290 g/mol. The summed E-state index contributed by atoms with van der Waals surface area (Å²) in [6.45, 7) is 0. The number of hydrogen-bond donors (Lipinski definition) is 3. The van der Waals surface area contributed by atoms with Crippen LogP contribution >= 0.6 is 11.3 Å². The first-order chi connectivity index (χ1) is 9.56. The Kier molecular flexibility index (Phi) is 4.49. The van der Waals surface area contributed by atoms with E-state index in [0.29, 0.717) is 16.8 Å². The van der Waals surface area contributed by atoms with Gasteiger partial charge in [0.15, 0.2) is 0 Å². The Morgan fingerprint density at radius 2 is 2.15 bits per heavy atom. The van der Waals surface area contributed by atoms with E-state index in [0.717, 1.165) is 0 Å². The normalized spacial score (nSPS) is 11.8. The second-order valence-electron chi connectivity index (χ2n) is 4.28. The number of amides is 2. The van der Waals surface area contributed by atoms with E-state index in [1.165, 1.54) is 11.3 Å². The van der Waals surface area contributed by atoms with Gasteiger partial charge in [-0.2, -0.15) is 11.3 Å². The number of hydrogen-bond acceptors (Lipinski definition) is 4. The van der Waals surface area contributed by atoms with Gasteiger partial charge in [-0.15, -0.1) is 0 Å². The van der Waals surface area contributed by atoms with Crippen LogP contribution in [0.3, 0.4) is 0 Å². The molecule has 1 unspecified atom stereocenters. The van der Waals surface area contributed by atoms with Gasteiger partial charge in [0.25, 0.3) is 5.91 Å². The highest BCUT2D eigenvalue weighted by Gasteiger charge is 2.12. The molecule has 0 fully saturated rings. The third kappa shape index (κ3) is 3.66. The molecule has 1 aromatic carbocycles. The molecule has 5 nitrogen and oxygen atoms in total. The fourth-order valence-corrected chi connectivity index (χ4v) is 2.36. The van der Waals surface area contributed by atoms with Crippen LogP contribution < -0.4 is 11.1 Å². The third-order valence-electron chi connectivity index (χ3n) is 2.71. The highest BCUT2D eigenvalue weighted by molar-refractivity contribution is 7.08. The lowest BCUT2D eigenvalue weighted by Crippen LogP contribution is -2.15. The van der Waals surface area contributed by atoms with Crippen LogP contribution in [0.2, 0.25) is 0 Å². The molecule has 2 rings (SSSR count). The van der Waals surface area contributed by atoms with E-state index in [1.54, 1.807) is 35.7 Å². The zero-order chi connectivity index (χ0) is 14.5. The molecule has 0 radical (unpaired) electrons. The predicted molar refractivity (Wildman–Crippen MR) is 77.5 cm³/mol. The van der Waals surface area contributed by atoms with E-state index in [2.05, 4.69) is 5.32 Å². The summed E-state index contributed by atoms with van der Waals surface area (Å²) in [5, 5.41) is 16.1. The van der Waals surface area contributed by atoms with Crippen LogP contribution in [0.15, 0.2) is 41.1 Å². The maximum atomic E-state index is 11.9. The number of rotatable bonds is 5. The summed E-state index contributed by atoms with van der Waals surface area (Å²) in [5.74, 6) is -0.794. The largest absolute Gasteiger partial charge is 0.388 e. The van der Waals surface area contributed by atoms with Crippen LogP contribution in [0, 0.1) is 0 Å². The van der Waals surface area contributed by atoms with Crippen molar-refractivity contribution < 1.29 is 14.7 Å². The molecule has 0 aliphatic carbocycles. The fraction of sp³-hybridized carbons (Fsp3) is 0.143. The van der Waals surface area contributed by atoms with E-state index in [9.17, 15) is 14.7 Å². The van der Waals surface area contributed by atoms with Gasteiger partial charge in [0.05, 0.1) is 18.1 Å². The lowest BCUT2D eigenvalue weighted by atomic mass is 10.1. The van der Waals surface area contributed by atoms with E-state index in [-0.39, 0.29) is 12.3 Å². The van der Waals surface area contributed by atoms with Crippen molar-refractivity contribution in [2.45, 2.75) is 12.5 Å². The number of primary amides is 1. The minimum Gasteiger partial charge on any atom is -0.388 e. The number of nitrogens with one attached hydrogen (secondary N) is 1. The molecule has 6 heteroatoms. The van der Waals surface area contributed by atoms with Crippen LogP contribution in [0.1, 0.15) is 28.4 Å². The van der Waals surface area contributed by atoms with Crippen LogP contribution in [-0.2, 0) is 4.79 Å². The second-order valence-corrected chi connectivity index (χ2v) is 5.06. The van der Waals surface area contributed by atoms with E-state index in [4.69, 9.17) is 5.73 Å². The van der Waals surface area contributed by atoms with Gasteiger partial charge in [-0.3, -0.25) is 9.59 Å². The molecule has 1 atom stereocenters. The average Bonchev–Trinajstić information content (AvgIpc) is 2.92. The number of nitrogens with two attached hydrogens (primary N) is 1. The molecule has 0 spiro atoms. The molecule has 4 N–H and O–H groups in total. The Labute approximate surface area is 120 Å². The van der Waals surface area contributed by atoms with Crippen molar-refractivity contribution in [1.29, 1.82) is 0 Å². The Morgan fingerprint density at radius 3 is 2.80 bits per heavy atom. The third-order valence-corrected chi connectivity index (χ3v) is 3.39. The number of benzene rings is 1. The van der Waals surface area contributed by atoms with Crippen LogP contribution in [0.25, 0.3) is 0 Å². The molecule has 0 aliphatic rings. The highest BCUT2D eigenvalue weighted by Crippen LogP contribution is 2.20. The van der Waals surface area contributed by atoms with Crippen molar-refractivity contribution in [2.75, 3.05) is 5.32 Å². The molecule has 0 aliphatic heterocycles. The molecule has 104 valence electrons. The van der Waals surface area contributed by atoms with Gasteiger partial charge in [0.2, 0.25) is 5.91 Å². The van der Waals surface area contributed by atoms with Crippen LogP contribution in [0.5, 0.6) is 0 Å². The number of aliphatic hydroxyl groups excluding tert-OH is 1. The summed E-state index contributed by atoms with van der Waals surface area (Å²) in [4.78, 5) is 22.7. The molecule has 2 amide bonds. The Hall–Kier alpha value is -2.18. The minimum absolute atomic E-state index is 0.151. The van der Waals surface area contributed by atoms with Crippen LogP contribution in [0.4, 0.5) is 5.69 Å². The summed E-state index contributed by atoms with van der Waals surface area (Å²) < 4.78 is 0. The number of aliphatic hydroxyl groups is 1. The summed E-state index contributed by atoms with van der Waals surface area (Å²) in [5.41, 5.74) is 6.72. The zero-order valence-corrected chi connectivity index (χ0v) is 11.4. The first-order valence-electron chi connectivity index (χ1n) is 5.96. The summed E-state index contributed by atoms with van der Waals surface area (Å²) >= 11 is 1.44. The van der Waals surface area contributed by atoms with Crippen molar-refractivity contribution in [3.63, 3.8) is 0 Å². The summed E-state index contributed by atoms with van der Waals surface area (Å²) in [6, 6.07) is 8.44. The Bertz CT molecular complexity index is 611. The lowest BCUT2D eigenvalue weighted by molar-refractivity contribution is -0.119. The first-order valence-corrected chi connectivity index (χ1v) is 6.90. The van der Waals surface area contributed by atoms with Crippen molar-refractivity contribution in [3.8, 4) is 0 Å². The molecule has 20 heavy (non-hydrogen) atoms. The number of thiophene rings is 1. The SMILES string of the molecule is NC(=O)CC(O)c1cccc(NC(=O)c2ccsc2)c1. The van der Waals surface area contributed by atoms with Gasteiger partial charge < -0.3 is 16.2 Å². The van der Waals surface area contributed by atoms with Gasteiger partial charge in [0.1, 0.15) is 0 Å². The minimum atomic E-state index is -0.967. The summed E-state index contributed by atoms with van der Waals surface area (Å²) in [7, 11) is 0. The van der Waals surface area contributed by atoms with Gasteiger partial charge in [-0.25, -0.2) is 0 Å². The van der Waals surface area contributed by atoms with Crippen molar-refractivity contribution in [2.24, 2.45) is 5.73 Å². The second kappa shape index (κ2) is 6.31. The lowest BCUT2D eigenvalue weighted by Gasteiger charge is -2.11. The van der Waals surface area contributed by atoms with E-state index >= 15 is 0 Å². The molecule has 0 saturated carbocycles. The van der Waals surface area contributed by atoms with E-state index in [1.807, 2.05) is 5.38 Å². The highest BCUT2D eigenvalue weighted by atomic mass is 32.1. The number of carbonyl (C=O) groups excluding carboxylic acids is 2. The van der Waals surface area contributed by atoms with Gasteiger partial charge in [-0.1, -0.05) is 12.1 Å². The fourth-order valence-electron chi connectivity index (χ4n) is 1.73. The Balaban J connectivity index is 2.10. The number of carbonyl (C=O) groups is 2. The zero-order valence-electron chi connectivity index (χ0n) is 10.6. The molecular formula is C14H14N2O3S. The molecule has 0 bridgehead atoms. The quantitative estimate of drug-likeness (QED) is 0.785. The molecule has 0 saturated heterocycles. The van der Waals surface area contributed by atoms with Gasteiger partial charge in [0, 0.05) is 11.1 Å². The maximum absolute atomic E-state index is 11.9. The summed E-state index contributed by atoms with van der Waals surface area (Å²) in [6.07, 6.45) is -1.12. The Morgan fingerprint density at radius 1 is 1.35 bits per heavy atom. The average molecular weight is 290 g/mol. The van der Waals surface area contributed by atoms with E-state index < -0.39 is 12.0 Å². The molecule has 1 heterocycles. The molecular weight excluding hydrogens is 276 g/mol. The number of anilines is 1. The first kappa shape index (κ1) is 14.2.